The topological polar surface area (TPSA) is 58.6 Å². The predicted octanol–water partition coefficient (Wildman–Crippen LogP) is 3.95. The lowest BCUT2D eigenvalue weighted by molar-refractivity contribution is -0.140. The number of benzene rings is 2. The van der Waals surface area contributed by atoms with Crippen molar-refractivity contribution in [3.63, 3.8) is 0 Å². The van der Waals surface area contributed by atoms with Crippen molar-refractivity contribution in [2.75, 3.05) is 18.4 Å². The second-order valence-corrected chi connectivity index (χ2v) is 6.70. The third-order valence-corrected chi connectivity index (χ3v) is 4.24. The quantitative estimate of drug-likeness (QED) is 0.767. The number of ether oxygens (including phenoxy) is 1. The van der Waals surface area contributed by atoms with Crippen LogP contribution in [-0.2, 0) is 9.59 Å². The van der Waals surface area contributed by atoms with Gasteiger partial charge in [0.15, 0.2) is 6.10 Å². The molecule has 2 rings (SSSR count). The Labute approximate surface area is 161 Å². The Hall–Kier alpha value is -2.82. The van der Waals surface area contributed by atoms with Crippen LogP contribution < -0.4 is 10.1 Å². The molecule has 0 fully saturated rings. The molecule has 1 unspecified atom stereocenters. The number of para-hydroxylation sites is 1. The van der Waals surface area contributed by atoms with Gasteiger partial charge in [0.2, 0.25) is 5.91 Å². The summed E-state index contributed by atoms with van der Waals surface area (Å²) in [6, 6.07) is 15.1. The molecule has 0 saturated carbocycles. The first kappa shape index (κ1) is 20.5. The molecule has 2 aromatic carbocycles. The molecule has 1 atom stereocenters. The van der Waals surface area contributed by atoms with Crippen molar-refractivity contribution in [3.8, 4) is 5.75 Å². The summed E-state index contributed by atoms with van der Waals surface area (Å²) in [6.07, 6.45) is 0.103. The van der Waals surface area contributed by atoms with Crippen LogP contribution >= 0.6 is 0 Å². The third-order valence-electron chi connectivity index (χ3n) is 4.24. The van der Waals surface area contributed by atoms with Gasteiger partial charge in [-0.1, -0.05) is 42.8 Å². The number of hydrogen-bond donors (Lipinski definition) is 1. The van der Waals surface area contributed by atoms with Gasteiger partial charge in [-0.2, -0.15) is 0 Å². The Morgan fingerprint density at radius 3 is 2.37 bits per heavy atom. The maximum Gasteiger partial charge on any atom is 0.263 e. The fourth-order valence-electron chi connectivity index (χ4n) is 2.74. The van der Waals surface area contributed by atoms with Gasteiger partial charge in [0, 0.05) is 12.2 Å². The van der Waals surface area contributed by atoms with Gasteiger partial charge in [-0.15, -0.1) is 0 Å². The number of anilines is 1. The van der Waals surface area contributed by atoms with Gasteiger partial charge in [0.1, 0.15) is 5.75 Å². The van der Waals surface area contributed by atoms with Crippen molar-refractivity contribution in [1.29, 1.82) is 0 Å². The zero-order valence-electron chi connectivity index (χ0n) is 16.5. The molecule has 0 radical (unpaired) electrons. The summed E-state index contributed by atoms with van der Waals surface area (Å²) in [5.74, 6) is 0.230. The molecule has 2 aromatic rings. The van der Waals surface area contributed by atoms with Gasteiger partial charge < -0.3 is 15.0 Å². The average Bonchev–Trinajstić information content (AvgIpc) is 2.64. The SMILES string of the molecule is CCCN(CC(=O)Nc1ccccc1C)C(=O)C(C)Oc1ccc(C)cc1. The zero-order valence-corrected chi connectivity index (χ0v) is 16.5. The highest BCUT2D eigenvalue weighted by molar-refractivity contribution is 5.95. The molecule has 0 aromatic heterocycles. The smallest absolute Gasteiger partial charge is 0.263 e. The summed E-state index contributed by atoms with van der Waals surface area (Å²) < 4.78 is 5.75. The first-order valence-electron chi connectivity index (χ1n) is 9.28. The van der Waals surface area contributed by atoms with Crippen molar-refractivity contribution >= 4 is 17.5 Å². The average molecular weight is 368 g/mol. The van der Waals surface area contributed by atoms with E-state index < -0.39 is 6.10 Å². The van der Waals surface area contributed by atoms with Gasteiger partial charge in [0.05, 0.1) is 6.54 Å². The molecule has 2 amide bonds. The number of rotatable bonds is 8. The number of nitrogens with zero attached hydrogens (tertiary/aromatic N) is 1. The number of carbonyl (C=O) groups is 2. The van der Waals surface area contributed by atoms with E-state index >= 15 is 0 Å². The van der Waals surface area contributed by atoms with Crippen LogP contribution in [0.25, 0.3) is 0 Å². The van der Waals surface area contributed by atoms with E-state index in [2.05, 4.69) is 5.32 Å². The van der Waals surface area contributed by atoms with Crippen LogP contribution in [-0.4, -0.2) is 35.9 Å². The predicted molar refractivity (Wildman–Crippen MR) is 108 cm³/mol. The minimum atomic E-state index is -0.662. The van der Waals surface area contributed by atoms with Gasteiger partial charge >= 0.3 is 0 Å². The molecule has 0 aliphatic carbocycles. The Morgan fingerprint density at radius 1 is 1.07 bits per heavy atom. The van der Waals surface area contributed by atoms with Crippen LogP contribution in [0.4, 0.5) is 5.69 Å². The van der Waals surface area contributed by atoms with Gasteiger partial charge in [-0.25, -0.2) is 0 Å². The van der Waals surface area contributed by atoms with Gasteiger partial charge in [-0.05, 0) is 51.0 Å². The normalized spacial score (nSPS) is 11.6. The molecule has 0 aliphatic heterocycles. The molecule has 0 bridgehead atoms. The first-order valence-corrected chi connectivity index (χ1v) is 9.28. The van der Waals surface area contributed by atoms with Crippen molar-refractivity contribution < 1.29 is 14.3 Å². The van der Waals surface area contributed by atoms with Crippen molar-refractivity contribution in [2.24, 2.45) is 0 Å². The molecule has 5 heteroatoms. The van der Waals surface area contributed by atoms with Crippen LogP contribution in [0.5, 0.6) is 5.75 Å². The fourth-order valence-corrected chi connectivity index (χ4v) is 2.74. The summed E-state index contributed by atoms with van der Waals surface area (Å²) in [7, 11) is 0. The molecule has 5 nitrogen and oxygen atoms in total. The molecule has 0 saturated heterocycles. The van der Waals surface area contributed by atoms with Crippen molar-refractivity contribution in [3.05, 3.63) is 59.7 Å². The monoisotopic (exact) mass is 368 g/mol. The van der Waals surface area contributed by atoms with Crippen molar-refractivity contribution in [1.82, 2.24) is 4.90 Å². The maximum absolute atomic E-state index is 12.8. The Kier molecular flexibility index (Phi) is 7.41. The number of nitrogens with one attached hydrogen (secondary N) is 1. The van der Waals surface area contributed by atoms with Crippen LogP contribution in [0.2, 0.25) is 0 Å². The molecule has 27 heavy (non-hydrogen) atoms. The van der Waals surface area contributed by atoms with Gasteiger partial charge in [0.25, 0.3) is 5.91 Å². The van der Waals surface area contributed by atoms with Gasteiger partial charge in [-0.3, -0.25) is 9.59 Å². The van der Waals surface area contributed by atoms with E-state index in [4.69, 9.17) is 4.74 Å². The number of carbonyl (C=O) groups excluding carboxylic acids is 2. The molecule has 144 valence electrons. The number of amides is 2. The molecule has 0 aliphatic rings. The molecular formula is C22H28N2O3. The third kappa shape index (κ3) is 6.13. The summed E-state index contributed by atoms with van der Waals surface area (Å²) >= 11 is 0. The minimum Gasteiger partial charge on any atom is -0.481 e. The number of hydrogen-bond acceptors (Lipinski definition) is 3. The van der Waals surface area contributed by atoms with Crippen LogP contribution in [0.3, 0.4) is 0 Å². The minimum absolute atomic E-state index is 0.00258. The van der Waals surface area contributed by atoms with Crippen LogP contribution in [0.15, 0.2) is 48.5 Å². The largest absolute Gasteiger partial charge is 0.481 e. The highest BCUT2D eigenvalue weighted by Gasteiger charge is 2.23. The van der Waals surface area contributed by atoms with Crippen LogP contribution in [0, 0.1) is 13.8 Å². The summed E-state index contributed by atoms with van der Waals surface area (Å²) in [5, 5.41) is 2.88. The molecule has 1 N–H and O–H groups in total. The van der Waals surface area contributed by atoms with Crippen molar-refractivity contribution in [2.45, 2.75) is 40.2 Å². The number of aryl methyl sites for hydroxylation is 2. The standard InChI is InChI=1S/C22H28N2O3/c1-5-14-24(15-21(25)23-20-9-7-6-8-17(20)3)22(26)18(4)27-19-12-10-16(2)11-13-19/h6-13,18H,5,14-15H2,1-4H3,(H,23,25). The van der Waals surface area contributed by atoms with E-state index in [-0.39, 0.29) is 18.4 Å². The lowest BCUT2D eigenvalue weighted by atomic mass is 10.2. The Morgan fingerprint density at radius 2 is 1.74 bits per heavy atom. The second kappa shape index (κ2) is 9.76. The van der Waals surface area contributed by atoms with E-state index in [1.807, 2.05) is 69.3 Å². The highest BCUT2D eigenvalue weighted by atomic mass is 16.5. The van der Waals surface area contributed by atoms with E-state index in [1.165, 1.54) is 0 Å². The van der Waals surface area contributed by atoms with E-state index in [0.717, 1.165) is 23.2 Å². The summed E-state index contributed by atoms with van der Waals surface area (Å²) in [4.78, 5) is 26.8. The lowest BCUT2D eigenvalue weighted by Crippen LogP contribution is -2.44. The summed E-state index contributed by atoms with van der Waals surface area (Å²) in [5.41, 5.74) is 2.87. The molecule has 0 heterocycles. The molecule has 0 spiro atoms. The lowest BCUT2D eigenvalue weighted by Gasteiger charge is -2.25. The van der Waals surface area contributed by atoms with E-state index in [1.54, 1.807) is 11.8 Å². The van der Waals surface area contributed by atoms with Crippen LogP contribution in [0.1, 0.15) is 31.4 Å². The first-order chi connectivity index (χ1) is 12.9. The molecular weight excluding hydrogens is 340 g/mol. The second-order valence-electron chi connectivity index (χ2n) is 6.70. The van der Waals surface area contributed by atoms with E-state index in [0.29, 0.717) is 12.3 Å². The maximum atomic E-state index is 12.8. The summed E-state index contributed by atoms with van der Waals surface area (Å²) in [6.45, 7) is 8.12. The fraction of sp³-hybridized carbons (Fsp3) is 0.364. The Balaban J connectivity index is 1.99. The van der Waals surface area contributed by atoms with E-state index in [9.17, 15) is 9.59 Å². The highest BCUT2D eigenvalue weighted by Crippen LogP contribution is 2.15. The zero-order chi connectivity index (χ0) is 19.8. The Bertz CT molecular complexity index is 771.